The lowest BCUT2D eigenvalue weighted by molar-refractivity contribution is -0.138. The van der Waals surface area contributed by atoms with Crippen molar-refractivity contribution in [1.82, 2.24) is 4.90 Å². The Morgan fingerprint density at radius 3 is 2.67 bits per heavy atom. The standard InChI is InChI=1S/C15H19ClN2O2S/c1-10(15(19)18-7-3-2-4-8-18)20-13-9-11(16)5-6-12(13)14(17)21/h5-6,9-10H,2-4,7-8H2,1H3,(H2,17,21). The van der Waals surface area contributed by atoms with Crippen molar-refractivity contribution in [2.24, 2.45) is 5.73 Å². The molecule has 0 radical (unpaired) electrons. The lowest BCUT2D eigenvalue weighted by atomic mass is 10.1. The van der Waals surface area contributed by atoms with Crippen LogP contribution in [-0.2, 0) is 4.79 Å². The van der Waals surface area contributed by atoms with Crippen molar-refractivity contribution in [3.05, 3.63) is 28.8 Å². The second kappa shape index (κ2) is 7.09. The molecular weight excluding hydrogens is 308 g/mol. The Hall–Kier alpha value is -1.33. The molecule has 2 N–H and O–H groups in total. The molecule has 1 aromatic rings. The van der Waals surface area contributed by atoms with Crippen LogP contribution in [0.3, 0.4) is 0 Å². The van der Waals surface area contributed by atoms with E-state index in [1.165, 1.54) is 6.42 Å². The van der Waals surface area contributed by atoms with Gasteiger partial charge in [-0.2, -0.15) is 0 Å². The first-order chi connectivity index (χ1) is 9.99. The number of ether oxygens (including phenoxy) is 1. The average Bonchev–Trinajstić information content (AvgIpc) is 2.47. The number of halogens is 1. The Morgan fingerprint density at radius 2 is 2.05 bits per heavy atom. The molecule has 2 rings (SSSR count). The van der Waals surface area contributed by atoms with Crippen molar-refractivity contribution in [2.45, 2.75) is 32.3 Å². The van der Waals surface area contributed by atoms with Gasteiger partial charge in [0.25, 0.3) is 5.91 Å². The van der Waals surface area contributed by atoms with Crippen molar-refractivity contribution in [3.63, 3.8) is 0 Å². The molecule has 114 valence electrons. The third kappa shape index (κ3) is 4.08. The normalized spacial score (nSPS) is 16.4. The van der Waals surface area contributed by atoms with Crippen LogP contribution in [0.2, 0.25) is 5.02 Å². The number of hydrogen-bond donors (Lipinski definition) is 1. The molecule has 1 unspecified atom stereocenters. The molecule has 1 heterocycles. The fraction of sp³-hybridized carbons (Fsp3) is 0.467. The van der Waals surface area contributed by atoms with Crippen LogP contribution in [0, 0.1) is 0 Å². The first-order valence-corrected chi connectivity index (χ1v) is 7.82. The highest BCUT2D eigenvalue weighted by molar-refractivity contribution is 7.80. The summed E-state index contributed by atoms with van der Waals surface area (Å²) < 4.78 is 5.76. The van der Waals surface area contributed by atoms with E-state index in [2.05, 4.69) is 0 Å². The SMILES string of the molecule is CC(Oc1cc(Cl)ccc1C(N)=S)C(=O)N1CCCCC1. The molecule has 1 amide bonds. The van der Waals surface area contributed by atoms with E-state index in [0.717, 1.165) is 25.9 Å². The molecule has 21 heavy (non-hydrogen) atoms. The minimum absolute atomic E-state index is 0.0106. The maximum atomic E-state index is 12.4. The van der Waals surface area contributed by atoms with Crippen molar-refractivity contribution in [3.8, 4) is 5.75 Å². The highest BCUT2D eigenvalue weighted by atomic mass is 35.5. The molecule has 0 bridgehead atoms. The smallest absolute Gasteiger partial charge is 0.263 e. The number of rotatable bonds is 4. The maximum absolute atomic E-state index is 12.4. The number of nitrogens with zero attached hydrogens (tertiary/aromatic N) is 1. The molecule has 0 aromatic heterocycles. The third-order valence-electron chi connectivity index (χ3n) is 3.53. The molecule has 1 atom stereocenters. The molecule has 1 fully saturated rings. The summed E-state index contributed by atoms with van der Waals surface area (Å²) >= 11 is 11.0. The van der Waals surface area contributed by atoms with Crippen molar-refractivity contribution >= 4 is 34.7 Å². The highest BCUT2D eigenvalue weighted by Crippen LogP contribution is 2.25. The number of thiocarbonyl (C=S) groups is 1. The van der Waals surface area contributed by atoms with Gasteiger partial charge >= 0.3 is 0 Å². The number of likely N-dealkylation sites (tertiary alicyclic amines) is 1. The zero-order chi connectivity index (χ0) is 15.4. The number of nitrogens with two attached hydrogens (primary N) is 1. The van der Waals surface area contributed by atoms with Crippen LogP contribution in [0.5, 0.6) is 5.75 Å². The molecule has 4 nitrogen and oxygen atoms in total. The van der Waals surface area contributed by atoms with Crippen LogP contribution in [0.15, 0.2) is 18.2 Å². The second-order valence-corrected chi connectivity index (χ2v) is 6.03. The number of piperidine rings is 1. The van der Waals surface area contributed by atoms with Crippen LogP contribution >= 0.6 is 23.8 Å². The molecular formula is C15H19ClN2O2S. The second-order valence-electron chi connectivity index (χ2n) is 5.15. The quantitative estimate of drug-likeness (QED) is 0.864. The van der Waals surface area contributed by atoms with E-state index in [1.807, 2.05) is 4.90 Å². The Labute approximate surface area is 135 Å². The summed E-state index contributed by atoms with van der Waals surface area (Å²) in [6, 6.07) is 5.04. The number of carbonyl (C=O) groups excluding carboxylic acids is 1. The molecule has 1 aliphatic heterocycles. The fourth-order valence-corrected chi connectivity index (χ4v) is 2.74. The Balaban J connectivity index is 2.11. The highest BCUT2D eigenvalue weighted by Gasteiger charge is 2.24. The summed E-state index contributed by atoms with van der Waals surface area (Å²) in [7, 11) is 0. The van der Waals surface area contributed by atoms with Crippen LogP contribution < -0.4 is 10.5 Å². The van der Waals surface area contributed by atoms with Gasteiger partial charge in [-0.15, -0.1) is 0 Å². The van der Waals surface area contributed by atoms with E-state index in [-0.39, 0.29) is 10.9 Å². The summed E-state index contributed by atoms with van der Waals surface area (Å²) in [6.45, 7) is 3.33. The summed E-state index contributed by atoms with van der Waals surface area (Å²) in [4.78, 5) is 14.4. The van der Waals surface area contributed by atoms with E-state index in [1.54, 1.807) is 25.1 Å². The number of hydrogen-bond acceptors (Lipinski definition) is 3. The Kier molecular flexibility index (Phi) is 5.42. The van der Waals surface area contributed by atoms with Gasteiger partial charge in [0.1, 0.15) is 10.7 Å². The first kappa shape index (κ1) is 16.0. The summed E-state index contributed by atoms with van der Waals surface area (Å²) in [5.41, 5.74) is 6.26. The van der Waals surface area contributed by atoms with Crippen molar-refractivity contribution in [1.29, 1.82) is 0 Å². The zero-order valence-corrected chi connectivity index (χ0v) is 13.5. The molecule has 6 heteroatoms. The van der Waals surface area contributed by atoms with E-state index in [0.29, 0.717) is 16.3 Å². The van der Waals surface area contributed by atoms with Gasteiger partial charge in [0.2, 0.25) is 0 Å². The molecule has 1 saturated heterocycles. The van der Waals surface area contributed by atoms with Gasteiger partial charge in [-0.1, -0.05) is 23.8 Å². The largest absolute Gasteiger partial charge is 0.480 e. The van der Waals surface area contributed by atoms with Crippen LogP contribution in [0.1, 0.15) is 31.7 Å². The monoisotopic (exact) mass is 326 g/mol. The van der Waals surface area contributed by atoms with E-state index in [4.69, 9.17) is 34.3 Å². The third-order valence-corrected chi connectivity index (χ3v) is 3.98. The lowest BCUT2D eigenvalue weighted by Crippen LogP contribution is -2.43. The van der Waals surface area contributed by atoms with Gasteiger partial charge in [-0.05, 0) is 44.4 Å². The van der Waals surface area contributed by atoms with E-state index < -0.39 is 6.10 Å². The predicted octanol–water partition coefficient (Wildman–Crippen LogP) is 2.75. The number of carbonyl (C=O) groups is 1. The number of benzene rings is 1. The summed E-state index contributed by atoms with van der Waals surface area (Å²) in [5, 5.41) is 0.516. The average molecular weight is 327 g/mol. The molecule has 0 aliphatic carbocycles. The van der Waals surface area contributed by atoms with Crippen molar-refractivity contribution in [2.75, 3.05) is 13.1 Å². The maximum Gasteiger partial charge on any atom is 0.263 e. The lowest BCUT2D eigenvalue weighted by Gasteiger charge is -2.29. The van der Waals surface area contributed by atoms with Gasteiger partial charge in [-0.3, -0.25) is 4.79 Å². The van der Waals surface area contributed by atoms with Gasteiger partial charge in [-0.25, -0.2) is 0 Å². The molecule has 1 aliphatic rings. The molecule has 0 spiro atoms. The summed E-state index contributed by atoms with van der Waals surface area (Å²) in [6.07, 6.45) is 2.69. The molecule has 1 aromatic carbocycles. The van der Waals surface area contributed by atoms with Crippen LogP contribution in [0.25, 0.3) is 0 Å². The van der Waals surface area contributed by atoms with Gasteiger partial charge in [0.05, 0.1) is 5.56 Å². The van der Waals surface area contributed by atoms with Gasteiger partial charge in [0, 0.05) is 18.1 Å². The zero-order valence-electron chi connectivity index (χ0n) is 12.0. The van der Waals surface area contributed by atoms with Crippen LogP contribution in [0.4, 0.5) is 0 Å². The van der Waals surface area contributed by atoms with Crippen molar-refractivity contribution < 1.29 is 9.53 Å². The minimum Gasteiger partial charge on any atom is -0.480 e. The van der Waals surface area contributed by atoms with E-state index >= 15 is 0 Å². The Bertz CT molecular complexity index is 544. The first-order valence-electron chi connectivity index (χ1n) is 7.04. The molecule has 0 saturated carbocycles. The summed E-state index contributed by atoms with van der Waals surface area (Å²) in [5.74, 6) is 0.441. The fourth-order valence-electron chi connectivity index (χ4n) is 2.41. The minimum atomic E-state index is -0.588. The number of amides is 1. The van der Waals surface area contributed by atoms with Gasteiger partial charge in [0.15, 0.2) is 6.10 Å². The van der Waals surface area contributed by atoms with E-state index in [9.17, 15) is 4.79 Å². The topological polar surface area (TPSA) is 55.6 Å². The predicted molar refractivity (Wildman–Crippen MR) is 87.9 cm³/mol. The van der Waals surface area contributed by atoms with Crippen LogP contribution in [-0.4, -0.2) is 35.0 Å². The van der Waals surface area contributed by atoms with Gasteiger partial charge < -0.3 is 15.4 Å². The Morgan fingerprint density at radius 1 is 1.38 bits per heavy atom.